The molecule has 0 fully saturated rings. The van der Waals surface area contributed by atoms with E-state index < -0.39 is 9.05 Å². The molecule has 0 saturated carbocycles. The summed E-state index contributed by atoms with van der Waals surface area (Å²) in [7, 11) is -5.11. The normalized spacial score (nSPS) is 7.50. The Bertz CT molecular complexity index is 29.5. The summed E-state index contributed by atoms with van der Waals surface area (Å²) in [6.07, 6.45) is 0. The van der Waals surface area contributed by atoms with Crippen LogP contribution < -0.4 is 68.7 Å². The van der Waals surface area contributed by atoms with Gasteiger partial charge in [-0.15, -0.1) is 0 Å². The molecule has 4 nitrogen and oxygen atoms in total. The standard InChI is InChI=1S/2Na.H2O4Si.Zr/c;;1-5(2,3)4;/h;;1-2H;/q2*+1;-2;. The summed E-state index contributed by atoms with van der Waals surface area (Å²) in [6, 6.07) is 0. The zero-order valence-corrected chi connectivity index (χ0v) is 12.2. The first-order valence-electron chi connectivity index (χ1n) is 0.855. The Balaban J connectivity index is -0.0000000267. The van der Waals surface area contributed by atoms with Crippen LogP contribution in [0.3, 0.4) is 0 Å². The first kappa shape index (κ1) is 22.4. The van der Waals surface area contributed by atoms with Crippen molar-refractivity contribution >= 4 is 9.05 Å². The first-order chi connectivity index (χ1) is 2.00. The third kappa shape index (κ3) is 65.2. The van der Waals surface area contributed by atoms with E-state index in [2.05, 4.69) is 0 Å². The predicted octanol–water partition coefficient (Wildman–Crippen LogP) is -9.87. The van der Waals surface area contributed by atoms with Crippen LogP contribution in [0.2, 0.25) is 0 Å². The number of hydrogen-bond acceptors (Lipinski definition) is 4. The van der Waals surface area contributed by atoms with Crippen molar-refractivity contribution in [2.75, 3.05) is 0 Å². The molecule has 0 radical (unpaired) electrons. The molecule has 0 aliphatic rings. The molecule has 8 heteroatoms. The third-order valence-corrected chi connectivity index (χ3v) is 0. The van der Waals surface area contributed by atoms with E-state index >= 15 is 0 Å². The Labute approximate surface area is 112 Å². The van der Waals surface area contributed by atoms with Crippen LogP contribution in [0.5, 0.6) is 0 Å². The van der Waals surface area contributed by atoms with Gasteiger partial charge in [-0.2, -0.15) is 0 Å². The van der Waals surface area contributed by atoms with Gasteiger partial charge in [-0.3, -0.25) is 0 Å². The van der Waals surface area contributed by atoms with E-state index in [1.165, 1.54) is 0 Å². The molecule has 0 saturated heterocycles. The summed E-state index contributed by atoms with van der Waals surface area (Å²) in [5.74, 6) is 0. The monoisotopic (exact) mass is 230 g/mol. The fourth-order valence-corrected chi connectivity index (χ4v) is 0. The van der Waals surface area contributed by atoms with Crippen molar-refractivity contribution in [3.05, 3.63) is 0 Å². The second kappa shape index (κ2) is 9.94. The zero-order chi connectivity index (χ0) is 4.50. The van der Waals surface area contributed by atoms with Gasteiger partial charge in [0.25, 0.3) is 0 Å². The maximum absolute atomic E-state index is 8.80. The van der Waals surface area contributed by atoms with Crippen LogP contribution in [-0.4, -0.2) is 18.6 Å². The molecule has 0 amide bonds. The van der Waals surface area contributed by atoms with Crippen molar-refractivity contribution in [1.82, 2.24) is 0 Å². The molecule has 0 bridgehead atoms. The topological polar surface area (TPSA) is 86.6 Å². The van der Waals surface area contributed by atoms with Crippen molar-refractivity contribution in [2.24, 2.45) is 0 Å². The summed E-state index contributed by atoms with van der Waals surface area (Å²) < 4.78 is 0. The molecule has 0 aliphatic heterocycles. The maximum atomic E-state index is 8.80. The Morgan fingerprint density at radius 3 is 1.00 bits per heavy atom. The van der Waals surface area contributed by atoms with Crippen molar-refractivity contribution in [3.63, 3.8) is 0 Å². The predicted molar refractivity (Wildman–Crippen MR) is 10.2 cm³/mol. The average Bonchev–Trinajstić information content (AvgIpc) is 0.722. The zero-order valence-electron chi connectivity index (χ0n) is 4.71. The Kier molecular flexibility index (Phi) is 27.9. The van der Waals surface area contributed by atoms with E-state index in [9.17, 15) is 0 Å². The van der Waals surface area contributed by atoms with Gasteiger partial charge in [0.05, 0.1) is 0 Å². The first-order valence-corrected chi connectivity index (χ1v) is 2.57. The van der Waals surface area contributed by atoms with Gasteiger partial charge in [0.15, 0.2) is 0 Å². The molecular weight excluding hydrogens is 229 g/mol. The molecule has 36 valence electrons. The quantitative estimate of drug-likeness (QED) is 0.405. The van der Waals surface area contributed by atoms with Crippen molar-refractivity contribution in [1.29, 1.82) is 0 Å². The van der Waals surface area contributed by atoms with Crippen LogP contribution in [0.15, 0.2) is 0 Å². The molecule has 2 N–H and O–H groups in total. The second-order valence-corrected chi connectivity index (χ2v) is 1.65. The maximum Gasteiger partial charge on any atom is 1.00 e. The van der Waals surface area contributed by atoms with E-state index in [1.54, 1.807) is 0 Å². The summed E-state index contributed by atoms with van der Waals surface area (Å²) >= 11 is 0. The van der Waals surface area contributed by atoms with E-state index in [-0.39, 0.29) is 85.3 Å². The molecular formula is H2Na2O4SiZr. The van der Waals surface area contributed by atoms with E-state index in [0.717, 1.165) is 0 Å². The molecule has 0 rings (SSSR count). The number of rotatable bonds is 0. The Hall–Kier alpha value is 2.94. The van der Waals surface area contributed by atoms with E-state index in [4.69, 9.17) is 19.2 Å². The van der Waals surface area contributed by atoms with Crippen LogP contribution in [0.1, 0.15) is 0 Å². The number of hydrogen-bond donors (Lipinski definition) is 2. The molecule has 8 heavy (non-hydrogen) atoms. The van der Waals surface area contributed by atoms with Crippen molar-refractivity contribution in [2.45, 2.75) is 0 Å². The van der Waals surface area contributed by atoms with Gasteiger partial charge in [0, 0.05) is 26.2 Å². The fourth-order valence-electron chi connectivity index (χ4n) is 0. The van der Waals surface area contributed by atoms with Crippen molar-refractivity contribution in [3.8, 4) is 0 Å². The minimum atomic E-state index is -5.11. The van der Waals surface area contributed by atoms with Crippen LogP contribution in [-0.2, 0) is 26.2 Å². The second-order valence-electron chi connectivity index (χ2n) is 0.548. The average molecular weight is 231 g/mol. The Morgan fingerprint density at radius 2 is 1.00 bits per heavy atom. The Morgan fingerprint density at radius 1 is 1.00 bits per heavy atom. The summed E-state index contributed by atoms with van der Waals surface area (Å²) in [5, 5.41) is 0. The van der Waals surface area contributed by atoms with Crippen LogP contribution in [0, 0.1) is 0 Å². The molecule has 0 heterocycles. The van der Waals surface area contributed by atoms with Gasteiger partial charge in [0.2, 0.25) is 0 Å². The van der Waals surface area contributed by atoms with Gasteiger partial charge in [-0.25, -0.2) is 0 Å². The SMILES string of the molecule is [Na+].[Na+].[O-][Si]([O-])(O)O.[Zr]. The van der Waals surface area contributed by atoms with Gasteiger partial charge in [0.1, 0.15) is 9.05 Å². The molecule has 0 atom stereocenters. The largest absolute Gasteiger partial charge is 1.00 e. The van der Waals surface area contributed by atoms with Crippen LogP contribution in [0.25, 0.3) is 0 Å². The minimum absolute atomic E-state index is 0. The smallest absolute Gasteiger partial charge is 0.828 e. The van der Waals surface area contributed by atoms with Gasteiger partial charge >= 0.3 is 59.1 Å². The van der Waals surface area contributed by atoms with E-state index in [0.29, 0.717) is 0 Å². The molecule has 0 aromatic carbocycles. The summed E-state index contributed by atoms with van der Waals surface area (Å²) in [6.45, 7) is 0. The molecule has 0 aliphatic carbocycles. The van der Waals surface area contributed by atoms with Gasteiger partial charge in [-0.05, 0) is 0 Å². The minimum Gasteiger partial charge on any atom is -0.828 e. The van der Waals surface area contributed by atoms with Crippen molar-refractivity contribution < 1.29 is 105 Å². The summed E-state index contributed by atoms with van der Waals surface area (Å²) in [5.41, 5.74) is 0. The van der Waals surface area contributed by atoms with Gasteiger partial charge < -0.3 is 19.2 Å². The summed E-state index contributed by atoms with van der Waals surface area (Å²) in [4.78, 5) is 31.8. The fraction of sp³-hybridized carbons (Fsp3) is 0. The third-order valence-electron chi connectivity index (χ3n) is 0. The van der Waals surface area contributed by atoms with E-state index in [1.807, 2.05) is 0 Å². The molecule has 0 aromatic rings. The van der Waals surface area contributed by atoms with Crippen LogP contribution >= 0.6 is 0 Å². The van der Waals surface area contributed by atoms with Crippen LogP contribution in [0.4, 0.5) is 0 Å². The van der Waals surface area contributed by atoms with Gasteiger partial charge in [-0.1, -0.05) is 0 Å². The molecule has 0 spiro atoms. The molecule has 0 aromatic heterocycles. The molecule has 0 unspecified atom stereocenters.